The Morgan fingerprint density at radius 2 is 2.24 bits per heavy atom. The fourth-order valence-corrected chi connectivity index (χ4v) is 1.74. The van der Waals surface area contributed by atoms with Crippen LogP contribution in [0.25, 0.3) is 0 Å². The van der Waals surface area contributed by atoms with Gasteiger partial charge in [-0.25, -0.2) is 9.97 Å². The maximum atomic E-state index is 5.78. The van der Waals surface area contributed by atoms with E-state index in [0.29, 0.717) is 24.9 Å². The number of hydrogen-bond donors (Lipinski definition) is 1. The van der Waals surface area contributed by atoms with Crippen LogP contribution in [0.1, 0.15) is 25.6 Å². The molecule has 0 unspecified atom stereocenters. The Kier molecular flexibility index (Phi) is 3.78. The van der Waals surface area contributed by atoms with Crippen molar-refractivity contribution in [3.05, 3.63) is 11.9 Å². The number of ether oxygens (including phenoxy) is 1. The normalized spacial score (nSPS) is 14.9. The molecule has 0 amide bonds. The Labute approximate surface area is 102 Å². The summed E-state index contributed by atoms with van der Waals surface area (Å²) in [6.45, 7) is 4.08. The molecule has 5 nitrogen and oxygen atoms in total. The van der Waals surface area contributed by atoms with Crippen molar-refractivity contribution < 1.29 is 4.74 Å². The first-order valence-electron chi connectivity index (χ1n) is 6.11. The molecule has 0 aliphatic heterocycles. The minimum Gasteiger partial charge on any atom is -0.384 e. The molecule has 1 saturated carbocycles. The van der Waals surface area contributed by atoms with Crippen LogP contribution >= 0.6 is 0 Å². The van der Waals surface area contributed by atoms with Crippen molar-refractivity contribution >= 4 is 11.6 Å². The van der Waals surface area contributed by atoms with Crippen LogP contribution in [0.4, 0.5) is 11.6 Å². The van der Waals surface area contributed by atoms with Crippen LogP contribution in [0.2, 0.25) is 0 Å². The van der Waals surface area contributed by atoms with Crippen molar-refractivity contribution in [1.82, 2.24) is 9.97 Å². The highest BCUT2D eigenvalue weighted by atomic mass is 16.5. The number of nitrogens with zero attached hydrogens (tertiary/aromatic N) is 3. The largest absolute Gasteiger partial charge is 0.384 e. The molecule has 2 N–H and O–H groups in total. The van der Waals surface area contributed by atoms with Crippen molar-refractivity contribution in [2.24, 2.45) is 5.92 Å². The van der Waals surface area contributed by atoms with Crippen LogP contribution in [-0.2, 0) is 11.3 Å². The molecule has 17 heavy (non-hydrogen) atoms. The van der Waals surface area contributed by atoms with Crippen molar-refractivity contribution in [2.45, 2.75) is 26.4 Å². The molecule has 0 aromatic carbocycles. The summed E-state index contributed by atoms with van der Waals surface area (Å²) in [6, 6.07) is 1.82. The molecule has 1 heterocycles. The zero-order valence-corrected chi connectivity index (χ0v) is 10.5. The van der Waals surface area contributed by atoms with Gasteiger partial charge >= 0.3 is 0 Å². The van der Waals surface area contributed by atoms with E-state index in [1.165, 1.54) is 12.8 Å². The number of hydrogen-bond acceptors (Lipinski definition) is 5. The van der Waals surface area contributed by atoms with Crippen LogP contribution < -0.4 is 10.6 Å². The summed E-state index contributed by atoms with van der Waals surface area (Å²) in [5, 5.41) is 0. The highest BCUT2D eigenvalue weighted by molar-refractivity contribution is 5.46. The van der Waals surface area contributed by atoms with Gasteiger partial charge in [-0.1, -0.05) is 0 Å². The smallest absolute Gasteiger partial charge is 0.158 e. The van der Waals surface area contributed by atoms with Crippen LogP contribution in [0.3, 0.4) is 0 Å². The molecule has 1 aliphatic rings. The van der Waals surface area contributed by atoms with Gasteiger partial charge in [-0.15, -0.1) is 0 Å². The molecule has 1 aliphatic carbocycles. The van der Waals surface area contributed by atoms with E-state index in [-0.39, 0.29) is 0 Å². The average molecular weight is 236 g/mol. The zero-order chi connectivity index (χ0) is 12.3. The summed E-state index contributed by atoms with van der Waals surface area (Å²) in [4.78, 5) is 10.8. The van der Waals surface area contributed by atoms with E-state index in [4.69, 9.17) is 10.5 Å². The third kappa shape index (κ3) is 3.56. The second-order valence-corrected chi connectivity index (χ2v) is 4.53. The lowest BCUT2D eigenvalue weighted by Gasteiger charge is -2.18. The summed E-state index contributed by atoms with van der Waals surface area (Å²) in [6.07, 6.45) is 2.66. The third-order valence-electron chi connectivity index (χ3n) is 2.83. The quantitative estimate of drug-likeness (QED) is 0.809. The maximum Gasteiger partial charge on any atom is 0.158 e. The summed E-state index contributed by atoms with van der Waals surface area (Å²) in [5.74, 6) is 2.88. The van der Waals surface area contributed by atoms with Crippen molar-refractivity contribution in [3.63, 3.8) is 0 Å². The van der Waals surface area contributed by atoms with E-state index in [1.807, 2.05) is 20.0 Å². The summed E-state index contributed by atoms with van der Waals surface area (Å²) in [5.41, 5.74) is 5.78. The van der Waals surface area contributed by atoms with E-state index < -0.39 is 0 Å². The molecule has 1 aromatic rings. The molecular formula is C12H20N4O. The lowest BCUT2D eigenvalue weighted by molar-refractivity contribution is 0.128. The SMILES string of the molecule is CCOCc1nc(N)cc(N(C)CC2CC2)n1. The molecule has 2 rings (SSSR count). The van der Waals surface area contributed by atoms with Gasteiger partial charge in [0, 0.05) is 26.3 Å². The second kappa shape index (κ2) is 5.31. The molecule has 1 fully saturated rings. The molecule has 0 atom stereocenters. The topological polar surface area (TPSA) is 64.3 Å². The lowest BCUT2D eigenvalue weighted by Crippen LogP contribution is -2.22. The minimum absolute atomic E-state index is 0.422. The predicted molar refractivity (Wildman–Crippen MR) is 67.8 cm³/mol. The Morgan fingerprint density at radius 3 is 2.88 bits per heavy atom. The van der Waals surface area contributed by atoms with Crippen LogP contribution in [0.15, 0.2) is 6.07 Å². The second-order valence-electron chi connectivity index (χ2n) is 4.53. The van der Waals surface area contributed by atoms with Gasteiger partial charge in [0.25, 0.3) is 0 Å². The van der Waals surface area contributed by atoms with E-state index in [0.717, 1.165) is 18.3 Å². The van der Waals surface area contributed by atoms with Gasteiger partial charge in [0.05, 0.1) is 0 Å². The Morgan fingerprint density at radius 1 is 1.47 bits per heavy atom. The van der Waals surface area contributed by atoms with Crippen LogP contribution in [0.5, 0.6) is 0 Å². The molecule has 0 saturated heterocycles. The van der Waals surface area contributed by atoms with E-state index in [2.05, 4.69) is 14.9 Å². The van der Waals surface area contributed by atoms with Gasteiger partial charge in [0.2, 0.25) is 0 Å². The fraction of sp³-hybridized carbons (Fsp3) is 0.667. The Balaban J connectivity index is 2.06. The van der Waals surface area contributed by atoms with E-state index >= 15 is 0 Å². The van der Waals surface area contributed by atoms with Gasteiger partial charge in [0.1, 0.15) is 18.2 Å². The maximum absolute atomic E-state index is 5.78. The first-order chi connectivity index (χ1) is 8.19. The standard InChI is InChI=1S/C12H20N4O/c1-3-17-8-11-14-10(13)6-12(15-11)16(2)7-9-4-5-9/h6,9H,3-5,7-8H2,1-2H3,(H2,13,14,15). The first-order valence-corrected chi connectivity index (χ1v) is 6.11. The van der Waals surface area contributed by atoms with E-state index in [1.54, 1.807) is 0 Å². The van der Waals surface area contributed by atoms with Crippen molar-refractivity contribution in [2.75, 3.05) is 30.8 Å². The van der Waals surface area contributed by atoms with Crippen molar-refractivity contribution in [1.29, 1.82) is 0 Å². The van der Waals surface area contributed by atoms with Gasteiger partial charge in [-0.3, -0.25) is 0 Å². The molecule has 94 valence electrons. The highest BCUT2D eigenvalue weighted by Crippen LogP contribution is 2.30. The van der Waals surface area contributed by atoms with Gasteiger partial charge < -0.3 is 15.4 Å². The third-order valence-corrected chi connectivity index (χ3v) is 2.83. The van der Waals surface area contributed by atoms with Gasteiger partial charge in [-0.2, -0.15) is 0 Å². The number of aromatic nitrogens is 2. The van der Waals surface area contributed by atoms with Gasteiger partial charge in [0.15, 0.2) is 5.82 Å². The van der Waals surface area contributed by atoms with E-state index in [9.17, 15) is 0 Å². The fourth-order valence-electron chi connectivity index (χ4n) is 1.74. The molecule has 0 radical (unpaired) electrons. The number of nitrogens with two attached hydrogens (primary N) is 1. The number of nitrogen functional groups attached to an aromatic ring is 1. The molecule has 5 heteroatoms. The monoisotopic (exact) mass is 236 g/mol. The molecular weight excluding hydrogens is 216 g/mol. The molecule has 0 spiro atoms. The Bertz CT molecular complexity index is 379. The van der Waals surface area contributed by atoms with Gasteiger partial charge in [-0.05, 0) is 25.7 Å². The highest BCUT2D eigenvalue weighted by Gasteiger charge is 2.23. The first kappa shape index (κ1) is 12.1. The minimum atomic E-state index is 0.422. The lowest BCUT2D eigenvalue weighted by atomic mass is 10.3. The van der Waals surface area contributed by atoms with Crippen LogP contribution in [0, 0.1) is 5.92 Å². The summed E-state index contributed by atoms with van der Waals surface area (Å²) >= 11 is 0. The average Bonchev–Trinajstić information content (AvgIpc) is 3.09. The summed E-state index contributed by atoms with van der Waals surface area (Å²) < 4.78 is 5.30. The predicted octanol–water partition coefficient (Wildman–Crippen LogP) is 1.44. The zero-order valence-electron chi connectivity index (χ0n) is 10.5. The number of rotatable bonds is 6. The number of anilines is 2. The van der Waals surface area contributed by atoms with Crippen molar-refractivity contribution in [3.8, 4) is 0 Å². The summed E-state index contributed by atoms with van der Waals surface area (Å²) in [7, 11) is 2.05. The molecule has 1 aromatic heterocycles. The Hall–Kier alpha value is -1.36. The molecule has 0 bridgehead atoms. The van der Waals surface area contributed by atoms with Crippen LogP contribution in [-0.4, -0.2) is 30.2 Å².